The molecule has 0 unspecified atom stereocenters. The second kappa shape index (κ2) is 6.44. The summed E-state index contributed by atoms with van der Waals surface area (Å²) in [5.41, 5.74) is 1.67. The maximum Gasteiger partial charge on any atom is 0.313 e. The maximum absolute atomic E-state index is 11.7. The molecule has 0 radical (unpaired) electrons. The Morgan fingerprint density at radius 1 is 1.39 bits per heavy atom. The van der Waals surface area contributed by atoms with Crippen LogP contribution < -0.4 is 0 Å². The van der Waals surface area contributed by atoms with Crippen LogP contribution in [0.25, 0.3) is 0 Å². The van der Waals surface area contributed by atoms with Crippen molar-refractivity contribution in [2.24, 2.45) is 0 Å². The molecule has 0 saturated heterocycles. The number of carboxylic acids is 1. The van der Waals surface area contributed by atoms with Gasteiger partial charge >= 0.3 is 5.97 Å². The zero-order chi connectivity index (χ0) is 13.7. The minimum absolute atomic E-state index is 0.0646. The number of amides is 1. The number of carboxylic acid groups (broad SMARTS) is 1. The Morgan fingerprint density at radius 3 is 2.56 bits per heavy atom. The van der Waals surface area contributed by atoms with Crippen LogP contribution in [0.3, 0.4) is 0 Å². The van der Waals surface area contributed by atoms with Crippen LogP contribution in [0.15, 0.2) is 4.52 Å². The van der Waals surface area contributed by atoms with Crippen LogP contribution in [0, 0.1) is 13.8 Å². The molecule has 6 nitrogen and oxygen atoms in total. The van der Waals surface area contributed by atoms with Gasteiger partial charge in [0.25, 0.3) is 0 Å². The first-order valence-corrected chi connectivity index (χ1v) is 6.52. The number of rotatable bonds is 6. The molecule has 0 fully saturated rings. The lowest BCUT2D eigenvalue weighted by molar-refractivity contribution is -0.133. The molecule has 0 atom stereocenters. The van der Waals surface area contributed by atoms with E-state index in [4.69, 9.17) is 9.63 Å². The van der Waals surface area contributed by atoms with Crippen LogP contribution in [0.5, 0.6) is 0 Å². The Hall–Kier alpha value is -1.50. The van der Waals surface area contributed by atoms with Crippen molar-refractivity contribution in [2.45, 2.75) is 20.4 Å². The molecule has 1 amide bonds. The Bertz CT molecular complexity index is 425. The number of hydrogen-bond acceptors (Lipinski definition) is 5. The normalized spacial score (nSPS) is 10.4. The number of carbonyl (C=O) groups excluding carboxylic acids is 1. The second-order valence-corrected chi connectivity index (χ2v) is 4.92. The molecule has 1 N–H and O–H groups in total. The summed E-state index contributed by atoms with van der Waals surface area (Å²) in [7, 11) is 1.68. The topological polar surface area (TPSA) is 83.6 Å². The molecule has 0 aliphatic heterocycles. The third-order valence-electron chi connectivity index (χ3n) is 2.45. The molecule has 0 saturated carbocycles. The number of hydrogen-bond donors (Lipinski definition) is 1. The smallest absolute Gasteiger partial charge is 0.313 e. The third-order valence-corrected chi connectivity index (χ3v) is 3.36. The summed E-state index contributed by atoms with van der Waals surface area (Å²) < 4.78 is 5.02. The summed E-state index contributed by atoms with van der Waals surface area (Å²) in [6.45, 7) is 4.05. The summed E-state index contributed by atoms with van der Waals surface area (Å²) in [6.07, 6.45) is 0. The van der Waals surface area contributed by atoms with Gasteiger partial charge < -0.3 is 14.5 Å². The average molecular weight is 272 g/mol. The molecule has 1 aromatic rings. The van der Waals surface area contributed by atoms with Gasteiger partial charge in [-0.15, -0.1) is 11.8 Å². The molecule has 100 valence electrons. The minimum atomic E-state index is -0.916. The van der Waals surface area contributed by atoms with Gasteiger partial charge in [0.15, 0.2) is 0 Å². The molecule has 0 aliphatic carbocycles. The summed E-state index contributed by atoms with van der Waals surface area (Å²) >= 11 is 1.09. The van der Waals surface area contributed by atoms with Crippen LogP contribution in [0.2, 0.25) is 0 Å². The van der Waals surface area contributed by atoms with Crippen LogP contribution in [0.1, 0.15) is 17.0 Å². The standard InChI is InChI=1S/C11H16N2O4S/c1-7-9(8(2)17-12-7)4-13(3)10(14)5-18-6-11(15)16/h4-6H2,1-3H3,(H,15,16). The maximum atomic E-state index is 11.7. The average Bonchev–Trinajstić information content (AvgIpc) is 2.60. The van der Waals surface area contributed by atoms with Crippen molar-refractivity contribution in [2.75, 3.05) is 18.6 Å². The van der Waals surface area contributed by atoms with Crippen molar-refractivity contribution in [3.05, 3.63) is 17.0 Å². The lowest BCUT2D eigenvalue weighted by Gasteiger charge is -2.16. The molecule has 0 spiro atoms. The van der Waals surface area contributed by atoms with Crippen LogP contribution in [0.4, 0.5) is 0 Å². The van der Waals surface area contributed by atoms with E-state index in [-0.39, 0.29) is 17.4 Å². The molecular formula is C11H16N2O4S. The van der Waals surface area contributed by atoms with E-state index >= 15 is 0 Å². The van der Waals surface area contributed by atoms with Gasteiger partial charge in [-0.25, -0.2) is 0 Å². The molecular weight excluding hydrogens is 256 g/mol. The SMILES string of the molecule is Cc1noc(C)c1CN(C)C(=O)CSCC(=O)O. The van der Waals surface area contributed by atoms with E-state index in [1.165, 1.54) is 0 Å². The van der Waals surface area contributed by atoms with E-state index in [0.29, 0.717) is 12.3 Å². The van der Waals surface area contributed by atoms with Gasteiger partial charge in [-0.05, 0) is 13.8 Å². The number of thioether (sulfide) groups is 1. The summed E-state index contributed by atoms with van der Waals surface area (Å²) in [6, 6.07) is 0. The lowest BCUT2D eigenvalue weighted by Crippen LogP contribution is -2.28. The number of aryl methyl sites for hydroxylation is 2. The van der Waals surface area contributed by atoms with Crippen molar-refractivity contribution in [3.8, 4) is 0 Å². The van der Waals surface area contributed by atoms with Crippen molar-refractivity contribution < 1.29 is 19.2 Å². The largest absolute Gasteiger partial charge is 0.481 e. The van der Waals surface area contributed by atoms with Gasteiger partial charge in [0.05, 0.1) is 23.7 Å². The molecule has 0 aromatic carbocycles. The van der Waals surface area contributed by atoms with Gasteiger partial charge in [0, 0.05) is 12.6 Å². The van der Waals surface area contributed by atoms with Gasteiger partial charge in [-0.3, -0.25) is 9.59 Å². The predicted molar refractivity (Wildman–Crippen MR) is 67.4 cm³/mol. The van der Waals surface area contributed by atoms with E-state index in [1.54, 1.807) is 18.9 Å². The van der Waals surface area contributed by atoms with E-state index in [1.807, 2.05) is 6.92 Å². The molecule has 1 aromatic heterocycles. The van der Waals surface area contributed by atoms with Crippen LogP contribution >= 0.6 is 11.8 Å². The van der Waals surface area contributed by atoms with Crippen LogP contribution in [-0.2, 0) is 16.1 Å². The third kappa shape index (κ3) is 4.06. The number of nitrogens with zero attached hydrogens (tertiary/aromatic N) is 2. The Labute approximate surface area is 109 Å². The zero-order valence-corrected chi connectivity index (χ0v) is 11.4. The number of aliphatic carboxylic acids is 1. The van der Waals surface area contributed by atoms with Gasteiger partial charge in [0.2, 0.25) is 5.91 Å². The van der Waals surface area contributed by atoms with Gasteiger partial charge in [0.1, 0.15) is 5.76 Å². The molecule has 0 bridgehead atoms. The first-order valence-electron chi connectivity index (χ1n) is 5.37. The number of carbonyl (C=O) groups is 2. The van der Waals surface area contributed by atoms with Gasteiger partial charge in [-0.2, -0.15) is 0 Å². The Morgan fingerprint density at radius 2 is 2.06 bits per heavy atom. The molecule has 7 heteroatoms. The quantitative estimate of drug-likeness (QED) is 0.834. The highest BCUT2D eigenvalue weighted by Crippen LogP contribution is 2.14. The second-order valence-electron chi connectivity index (χ2n) is 3.94. The Kier molecular flexibility index (Phi) is 5.21. The monoisotopic (exact) mass is 272 g/mol. The highest BCUT2D eigenvalue weighted by molar-refractivity contribution is 8.00. The molecule has 18 heavy (non-hydrogen) atoms. The first kappa shape index (κ1) is 14.6. The van der Waals surface area contributed by atoms with Crippen LogP contribution in [-0.4, -0.2) is 45.6 Å². The Balaban J connectivity index is 2.47. The van der Waals surface area contributed by atoms with Crippen molar-refractivity contribution >= 4 is 23.6 Å². The zero-order valence-electron chi connectivity index (χ0n) is 10.6. The van der Waals surface area contributed by atoms with Gasteiger partial charge in [-0.1, -0.05) is 5.16 Å². The molecule has 1 heterocycles. The lowest BCUT2D eigenvalue weighted by atomic mass is 10.2. The first-order chi connectivity index (χ1) is 8.41. The van der Waals surface area contributed by atoms with Crippen molar-refractivity contribution in [1.29, 1.82) is 0 Å². The minimum Gasteiger partial charge on any atom is -0.481 e. The summed E-state index contributed by atoms with van der Waals surface area (Å²) in [4.78, 5) is 23.6. The summed E-state index contributed by atoms with van der Waals surface area (Å²) in [5.74, 6) is -0.232. The van der Waals surface area contributed by atoms with Crippen molar-refractivity contribution in [3.63, 3.8) is 0 Å². The fourth-order valence-electron chi connectivity index (χ4n) is 1.39. The highest BCUT2D eigenvalue weighted by atomic mass is 32.2. The van der Waals surface area contributed by atoms with E-state index < -0.39 is 5.97 Å². The van der Waals surface area contributed by atoms with E-state index in [9.17, 15) is 9.59 Å². The number of aromatic nitrogens is 1. The highest BCUT2D eigenvalue weighted by Gasteiger charge is 2.15. The predicted octanol–water partition coefficient (Wildman–Crippen LogP) is 1.07. The molecule has 0 aliphatic rings. The fourth-order valence-corrected chi connectivity index (χ4v) is 2.06. The fraction of sp³-hybridized carbons (Fsp3) is 0.545. The summed E-state index contributed by atoms with van der Waals surface area (Å²) in [5, 5.41) is 12.3. The molecule has 1 rings (SSSR count). The van der Waals surface area contributed by atoms with E-state index in [0.717, 1.165) is 23.0 Å². The van der Waals surface area contributed by atoms with E-state index in [2.05, 4.69) is 5.16 Å². The van der Waals surface area contributed by atoms with Crippen molar-refractivity contribution in [1.82, 2.24) is 10.1 Å².